The lowest BCUT2D eigenvalue weighted by Crippen LogP contribution is -2.48. The number of carbonyl (C=O) groups excluding carboxylic acids is 1. The van der Waals surface area contributed by atoms with Crippen LogP contribution in [0.5, 0.6) is 0 Å². The van der Waals surface area contributed by atoms with E-state index in [2.05, 4.69) is 9.88 Å². The lowest BCUT2D eigenvalue weighted by atomic mass is 10.0. The van der Waals surface area contributed by atoms with E-state index in [1.54, 1.807) is 24.3 Å². The average Bonchev–Trinajstić information content (AvgIpc) is 3.26. The van der Waals surface area contributed by atoms with E-state index in [0.29, 0.717) is 39.0 Å². The first kappa shape index (κ1) is 22.6. The highest BCUT2D eigenvalue weighted by Gasteiger charge is 2.23. The summed E-state index contributed by atoms with van der Waals surface area (Å²) in [6, 6.07) is 20.9. The van der Waals surface area contributed by atoms with Crippen molar-refractivity contribution >= 4 is 28.2 Å². The van der Waals surface area contributed by atoms with Gasteiger partial charge in [-0.15, -0.1) is 0 Å². The van der Waals surface area contributed by atoms with Gasteiger partial charge in [-0.05, 0) is 60.0 Å². The summed E-state index contributed by atoms with van der Waals surface area (Å²) in [4.78, 5) is 31.0. The Morgan fingerprint density at radius 3 is 2.31 bits per heavy atom. The van der Waals surface area contributed by atoms with E-state index in [-0.39, 0.29) is 17.4 Å². The van der Waals surface area contributed by atoms with Gasteiger partial charge in [0.25, 0.3) is 5.69 Å². The molecule has 4 aromatic rings. The molecule has 178 valence electrons. The maximum Gasteiger partial charge on any atom is 0.269 e. The highest BCUT2D eigenvalue weighted by molar-refractivity contribution is 5.91. The minimum atomic E-state index is -0.407. The van der Waals surface area contributed by atoms with Crippen molar-refractivity contribution in [1.29, 1.82) is 0 Å². The predicted molar refractivity (Wildman–Crippen MR) is 134 cm³/mol. The van der Waals surface area contributed by atoms with Gasteiger partial charge in [0.2, 0.25) is 5.91 Å². The Bertz CT molecular complexity index is 1360. The van der Waals surface area contributed by atoms with Gasteiger partial charge < -0.3 is 14.8 Å². The van der Waals surface area contributed by atoms with Crippen molar-refractivity contribution in [2.75, 3.05) is 31.1 Å². The Balaban J connectivity index is 1.25. The van der Waals surface area contributed by atoms with Gasteiger partial charge in [-0.1, -0.05) is 18.2 Å². The number of carbonyl (C=O) groups is 1. The molecule has 3 aromatic carbocycles. The fourth-order valence-electron chi connectivity index (χ4n) is 4.71. The Hall–Kier alpha value is -4.20. The fourth-order valence-corrected chi connectivity index (χ4v) is 4.71. The minimum absolute atomic E-state index is 0.0693. The maximum atomic E-state index is 13.5. The second-order valence-electron chi connectivity index (χ2n) is 8.67. The standard InChI is InChI=1S/C27H25FN4O3/c28-20-7-5-19(6-8-20)27-24(23-3-1-2-4-25(23)29-27)13-14-26(33)31-17-15-30(16-18-31)21-9-11-22(12-10-21)32(34)35/h1-12,29H,13-18H2. The molecule has 2 heterocycles. The minimum Gasteiger partial charge on any atom is -0.368 e. The first-order chi connectivity index (χ1) is 17.0. The molecule has 8 heteroatoms. The number of para-hydroxylation sites is 1. The van der Waals surface area contributed by atoms with E-state index in [0.717, 1.165) is 33.4 Å². The number of amides is 1. The molecule has 5 rings (SSSR count). The number of rotatable bonds is 6. The number of nitrogens with one attached hydrogen (secondary N) is 1. The molecule has 0 spiro atoms. The quantitative estimate of drug-likeness (QED) is 0.310. The molecule has 0 atom stereocenters. The number of fused-ring (bicyclic) bond motifs is 1. The van der Waals surface area contributed by atoms with Gasteiger partial charge >= 0.3 is 0 Å². The number of nitro benzene ring substituents is 1. The number of aromatic amines is 1. The van der Waals surface area contributed by atoms with Crippen LogP contribution in [0.2, 0.25) is 0 Å². The van der Waals surface area contributed by atoms with Crippen LogP contribution in [0.25, 0.3) is 22.2 Å². The largest absolute Gasteiger partial charge is 0.368 e. The molecule has 0 aliphatic carbocycles. The maximum absolute atomic E-state index is 13.5. The normalized spacial score (nSPS) is 13.9. The molecule has 7 nitrogen and oxygen atoms in total. The summed E-state index contributed by atoms with van der Waals surface area (Å²) in [5, 5.41) is 11.9. The summed E-state index contributed by atoms with van der Waals surface area (Å²) in [6.07, 6.45) is 0.964. The van der Waals surface area contributed by atoms with Crippen LogP contribution in [0.3, 0.4) is 0 Å². The van der Waals surface area contributed by atoms with Gasteiger partial charge in [0.15, 0.2) is 0 Å². The van der Waals surface area contributed by atoms with Crippen molar-refractivity contribution in [1.82, 2.24) is 9.88 Å². The van der Waals surface area contributed by atoms with Gasteiger partial charge in [-0.3, -0.25) is 14.9 Å². The Kier molecular flexibility index (Phi) is 6.18. The average molecular weight is 473 g/mol. The number of H-pyrrole nitrogens is 1. The summed E-state index contributed by atoms with van der Waals surface area (Å²) in [6.45, 7) is 2.57. The summed E-state index contributed by atoms with van der Waals surface area (Å²) < 4.78 is 13.5. The number of nitrogens with zero attached hydrogens (tertiary/aromatic N) is 3. The van der Waals surface area contributed by atoms with E-state index >= 15 is 0 Å². The van der Waals surface area contributed by atoms with Crippen LogP contribution < -0.4 is 4.90 Å². The second-order valence-corrected chi connectivity index (χ2v) is 8.67. The van der Waals surface area contributed by atoms with E-state index in [4.69, 9.17) is 0 Å². The first-order valence-corrected chi connectivity index (χ1v) is 11.6. The predicted octanol–water partition coefficient (Wildman–Crippen LogP) is 5.16. The molecule has 1 aliphatic heterocycles. The molecule has 35 heavy (non-hydrogen) atoms. The smallest absolute Gasteiger partial charge is 0.269 e. The van der Waals surface area contributed by atoms with Crippen molar-refractivity contribution in [3.05, 3.63) is 94.3 Å². The topological polar surface area (TPSA) is 82.5 Å². The second kappa shape index (κ2) is 9.58. The number of benzene rings is 3. The number of aromatic nitrogens is 1. The lowest BCUT2D eigenvalue weighted by molar-refractivity contribution is -0.384. The number of nitro groups is 1. The van der Waals surface area contributed by atoms with Crippen LogP contribution in [0.1, 0.15) is 12.0 Å². The number of hydrogen-bond acceptors (Lipinski definition) is 4. The molecule has 0 unspecified atom stereocenters. The molecule has 0 radical (unpaired) electrons. The molecule has 1 fully saturated rings. The van der Waals surface area contributed by atoms with Crippen LogP contribution in [0.15, 0.2) is 72.8 Å². The zero-order valence-corrected chi connectivity index (χ0v) is 19.1. The SMILES string of the molecule is O=C(CCc1c(-c2ccc(F)cc2)[nH]c2ccccc12)N1CCN(c2ccc([N+](=O)[O-])cc2)CC1. The monoisotopic (exact) mass is 472 g/mol. The third kappa shape index (κ3) is 4.73. The van der Waals surface area contributed by atoms with Gasteiger partial charge in [-0.25, -0.2) is 4.39 Å². The summed E-state index contributed by atoms with van der Waals surface area (Å²) in [5.74, 6) is -0.182. The molecule has 1 amide bonds. The zero-order valence-electron chi connectivity index (χ0n) is 19.1. The highest BCUT2D eigenvalue weighted by atomic mass is 19.1. The van der Waals surface area contributed by atoms with Gasteiger partial charge in [0.1, 0.15) is 5.82 Å². The number of anilines is 1. The van der Waals surface area contributed by atoms with Gasteiger partial charge in [-0.2, -0.15) is 0 Å². The molecular formula is C27H25FN4O3. The summed E-state index contributed by atoms with van der Waals surface area (Å²) >= 11 is 0. The number of non-ortho nitro benzene ring substituents is 1. The van der Waals surface area contributed by atoms with E-state index in [1.165, 1.54) is 24.3 Å². The van der Waals surface area contributed by atoms with Crippen LogP contribution in [0.4, 0.5) is 15.8 Å². The van der Waals surface area contributed by atoms with Crippen molar-refractivity contribution in [2.24, 2.45) is 0 Å². The van der Waals surface area contributed by atoms with E-state index < -0.39 is 4.92 Å². The Morgan fingerprint density at radius 2 is 1.63 bits per heavy atom. The van der Waals surface area contributed by atoms with Gasteiger partial charge in [0, 0.05) is 67.0 Å². The number of piperazine rings is 1. The highest BCUT2D eigenvalue weighted by Crippen LogP contribution is 2.31. The first-order valence-electron chi connectivity index (χ1n) is 11.6. The van der Waals surface area contributed by atoms with Crippen LogP contribution in [-0.2, 0) is 11.2 Å². The molecule has 1 N–H and O–H groups in total. The van der Waals surface area contributed by atoms with E-state index in [9.17, 15) is 19.3 Å². The molecule has 1 aliphatic rings. The molecule has 0 bridgehead atoms. The van der Waals surface area contributed by atoms with Gasteiger partial charge in [0.05, 0.1) is 4.92 Å². The molecular weight excluding hydrogens is 447 g/mol. The molecule has 1 saturated heterocycles. The van der Waals surface area contributed by atoms with Crippen LogP contribution in [0, 0.1) is 15.9 Å². The molecule has 1 aromatic heterocycles. The Morgan fingerprint density at radius 1 is 0.943 bits per heavy atom. The Labute approximate surface area is 201 Å². The third-order valence-corrected chi connectivity index (χ3v) is 6.59. The van der Waals surface area contributed by atoms with Crippen molar-refractivity contribution < 1.29 is 14.1 Å². The molecule has 0 saturated carbocycles. The number of hydrogen-bond donors (Lipinski definition) is 1. The summed E-state index contributed by atoms with van der Waals surface area (Å²) in [5.41, 5.74) is 4.85. The van der Waals surface area contributed by atoms with Crippen molar-refractivity contribution in [2.45, 2.75) is 12.8 Å². The van der Waals surface area contributed by atoms with Crippen LogP contribution >= 0.6 is 0 Å². The lowest BCUT2D eigenvalue weighted by Gasteiger charge is -2.36. The number of aryl methyl sites for hydroxylation is 1. The zero-order chi connectivity index (χ0) is 24.4. The van der Waals surface area contributed by atoms with Crippen LogP contribution in [-0.4, -0.2) is 46.9 Å². The third-order valence-electron chi connectivity index (χ3n) is 6.59. The van der Waals surface area contributed by atoms with E-state index in [1.807, 2.05) is 29.2 Å². The van der Waals surface area contributed by atoms with Crippen molar-refractivity contribution in [3.8, 4) is 11.3 Å². The fraction of sp³-hybridized carbons (Fsp3) is 0.222. The summed E-state index contributed by atoms with van der Waals surface area (Å²) in [7, 11) is 0. The van der Waals surface area contributed by atoms with Crippen molar-refractivity contribution in [3.63, 3.8) is 0 Å². The number of halogens is 1.